The molecule has 1 heterocycles. The van der Waals surface area contributed by atoms with Gasteiger partial charge in [-0.05, 0) is 19.3 Å². The zero-order valence-electron chi connectivity index (χ0n) is 7.43. The number of rotatable bonds is 1. The van der Waals surface area contributed by atoms with Gasteiger partial charge in [-0.15, -0.1) is 0 Å². The highest BCUT2D eigenvalue weighted by molar-refractivity contribution is 5.66. The first-order valence-electron chi connectivity index (χ1n) is 4.14. The number of aliphatic hydroxyl groups excluding tert-OH is 2. The fourth-order valence-electron chi connectivity index (χ4n) is 1.26. The number of carbonyl (C=O) groups is 1. The molecule has 3 N–H and O–H groups in total. The lowest BCUT2D eigenvalue weighted by Crippen LogP contribution is -2.56. The molecule has 0 spiro atoms. The Bertz CT molecular complexity index is 177. The van der Waals surface area contributed by atoms with Crippen molar-refractivity contribution < 1.29 is 19.7 Å². The fraction of sp³-hybridized carbons (Fsp3) is 0.857. The first-order chi connectivity index (χ1) is 6.15. The van der Waals surface area contributed by atoms with Gasteiger partial charge in [-0.25, -0.2) is 10.2 Å². The number of methoxy groups -OCH3 is 1. The molecule has 0 aromatic carbocycles. The molecule has 2 atom stereocenters. The molecular weight excluding hydrogens is 176 g/mol. The summed E-state index contributed by atoms with van der Waals surface area (Å²) in [5, 5.41) is 19.9. The van der Waals surface area contributed by atoms with E-state index < -0.39 is 18.5 Å². The van der Waals surface area contributed by atoms with Crippen molar-refractivity contribution >= 4 is 6.09 Å². The molecule has 0 aliphatic carbocycles. The smallest absolute Gasteiger partial charge is 0.421 e. The minimum atomic E-state index is -0.845. The van der Waals surface area contributed by atoms with Gasteiger partial charge in [0, 0.05) is 0 Å². The molecule has 1 saturated heterocycles. The maximum absolute atomic E-state index is 10.8. The summed E-state index contributed by atoms with van der Waals surface area (Å²) in [6.45, 7) is 0. The van der Waals surface area contributed by atoms with Gasteiger partial charge >= 0.3 is 6.09 Å². The SMILES string of the molecule is COC(=O)NN1C(O)CCCC1O. The van der Waals surface area contributed by atoms with Crippen LogP contribution in [0, 0.1) is 0 Å². The van der Waals surface area contributed by atoms with Gasteiger partial charge in [-0.3, -0.25) is 0 Å². The third-order valence-corrected chi connectivity index (χ3v) is 1.97. The second kappa shape index (κ2) is 4.40. The number of amides is 1. The third-order valence-electron chi connectivity index (χ3n) is 1.97. The van der Waals surface area contributed by atoms with Crippen LogP contribution in [-0.4, -0.2) is 40.9 Å². The monoisotopic (exact) mass is 190 g/mol. The van der Waals surface area contributed by atoms with Crippen LogP contribution < -0.4 is 5.43 Å². The van der Waals surface area contributed by atoms with E-state index in [-0.39, 0.29) is 0 Å². The molecule has 1 amide bonds. The molecule has 76 valence electrons. The number of nitrogens with zero attached hydrogens (tertiary/aromatic N) is 1. The summed E-state index contributed by atoms with van der Waals surface area (Å²) in [5.41, 5.74) is 2.24. The average Bonchev–Trinajstić information content (AvgIpc) is 2.11. The van der Waals surface area contributed by atoms with Crippen LogP contribution in [0.15, 0.2) is 0 Å². The van der Waals surface area contributed by atoms with E-state index in [1.54, 1.807) is 0 Å². The third kappa shape index (κ3) is 2.55. The van der Waals surface area contributed by atoms with Crippen molar-refractivity contribution in [2.24, 2.45) is 0 Å². The summed E-state index contributed by atoms with van der Waals surface area (Å²) < 4.78 is 4.34. The molecule has 1 rings (SSSR count). The summed E-state index contributed by atoms with van der Waals surface area (Å²) in [6.07, 6.45) is -0.588. The molecule has 6 heteroatoms. The highest BCUT2D eigenvalue weighted by Crippen LogP contribution is 2.17. The lowest BCUT2D eigenvalue weighted by Gasteiger charge is -2.35. The van der Waals surface area contributed by atoms with E-state index in [1.165, 1.54) is 7.11 Å². The van der Waals surface area contributed by atoms with E-state index in [1.807, 2.05) is 0 Å². The second-order valence-electron chi connectivity index (χ2n) is 2.90. The standard InChI is InChI=1S/C7H14N2O4/c1-13-7(12)8-9-5(10)3-2-4-6(9)11/h5-6,10-11H,2-4H2,1H3,(H,8,12). The Morgan fingerprint density at radius 1 is 1.46 bits per heavy atom. The molecule has 1 fully saturated rings. The number of ether oxygens (including phenoxy) is 1. The van der Waals surface area contributed by atoms with Gasteiger partial charge in [0.15, 0.2) is 0 Å². The Morgan fingerprint density at radius 3 is 2.46 bits per heavy atom. The first kappa shape index (κ1) is 10.2. The van der Waals surface area contributed by atoms with Gasteiger partial charge in [-0.1, -0.05) is 0 Å². The summed E-state index contributed by atoms with van der Waals surface area (Å²) >= 11 is 0. The molecule has 0 aromatic heterocycles. The predicted molar refractivity (Wildman–Crippen MR) is 43.2 cm³/mol. The maximum Gasteiger partial charge on any atom is 0.421 e. The van der Waals surface area contributed by atoms with Crippen LogP contribution in [0.1, 0.15) is 19.3 Å². The molecule has 0 bridgehead atoms. The Labute approximate surface area is 76.1 Å². The van der Waals surface area contributed by atoms with E-state index in [0.717, 1.165) is 11.4 Å². The summed E-state index contributed by atoms with van der Waals surface area (Å²) in [6, 6.07) is 0. The number of aliphatic hydroxyl groups is 2. The number of nitrogens with one attached hydrogen (secondary N) is 1. The van der Waals surface area contributed by atoms with Crippen molar-refractivity contribution in [3.05, 3.63) is 0 Å². The second-order valence-corrected chi connectivity index (χ2v) is 2.90. The normalized spacial score (nSPS) is 29.8. The fourth-order valence-corrected chi connectivity index (χ4v) is 1.26. The predicted octanol–water partition coefficient (Wildman–Crippen LogP) is -0.620. The Balaban J connectivity index is 2.48. The van der Waals surface area contributed by atoms with Crippen LogP contribution in [0.2, 0.25) is 0 Å². The lowest BCUT2D eigenvalue weighted by atomic mass is 10.1. The Morgan fingerprint density at radius 2 is 2.00 bits per heavy atom. The van der Waals surface area contributed by atoms with Crippen LogP contribution in [0.4, 0.5) is 4.79 Å². The molecule has 1 aliphatic rings. The van der Waals surface area contributed by atoms with E-state index in [4.69, 9.17) is 0 Å². The van der Waals surface area contributed by atoms with E-state index in [0.29, 0.717) is 12.8 Å². The molecule has 0 radical (unpaired) electrons. The molecule has 13 heavy (non-hydrogen) atoms. The van der Waals surface area contributed by atoms with Crippen molar-refractivity contribution in [1.82, 2.24) is 10.4 Å². The summed E-state index contributed by atoms with van der Waals surface area (Å²) in [7, 11) is 1.22. The minimum Gasteiger partial charge on any atom is -0.452 e. The first-order valence-corrected chi connectivity index (χ1v) is 4.14. The van der Waals surface area contributed by atoms with Gasteiger partial charge in [-0.2, -0.15) is 5.01 Å². The maximum atomic E-state index is 10.8. The summed E-state index contributed by atoms with van der Waals surface area (Å²) in [4.78, 5) is 10.8. The van der Waals surface area contributed by atoms with Gasteiger partial charge in [0.05, 0.1) is 7.11 Å². The van der Waals surface area contributed by atoms with Gasteiger partial charge in [0.25, 0.3) is 0 Å². The zero-order chi connectivity index (χ0) is 9.84. The van der Waals surface area contributed by atoms with Crippen LogP contribution in [-0.2, 0) is 4.74 Å². The lowest BCUT2D eigenvalue weighted by molar-refractivity contribution is -0.153. The minimum absolute atomic E-state index is 0.529. The topological polar surface area (TPSA) is 82.0 Å². The number of hydrogen-bond donors (Lipinski definition) is 3. The number of carbonyl (C=O) groups excluding carboxylic acids is 1. The van der Waals surface area contributed by atoms with Crippen molar-refractivity contribution in [2.75, 3.05) is 7.11 Å². The van der Waals surface area contributed by atoms with Crippen molar-refractivity contribution in [3.8, 4) is 0 Å². The number of hydrazine groups is 1. The Hall–Kier alpha value is -0.850. The van der Waals surface area contributed by atoms with Crippen LogP contribution in [0.3, 0.4) is 0 Å². The quantitative estimate of drug-likeness (QED) is 0.513. The molecule has 2 unspecified atom stereocenters. The van der Waals surface area contributed by atoms with E-state index >= 15 is 0 Å². The summed E-state index contributed by atoms with van der Waals surface area (Å²) in [5.74, 6) is 0. The van der Waals surface area contributed by atoms with E-state index in [9.17, 15) is 15.0 Å². The van der Waals surface area contributed by atoms with Gasteiger partial charge in [0.2, 0.25) is 0 Å². The van der Waals surface area contributed by atoms with Gasteiger partial charge in [0.1, 0.15) is 12.5 Å². The number of piperidine rings is 1. The van der Waals surface area contributed by atoms with E-state index in [2.05, 4.69) is 10.2 Å². The van der Waals surface area contributed by atoms with Crippen molar-refractivity contribution in [1.29, 1.82) is 0 Å². The molecule has 6 nitrogen and oxygen atoms in total. The molecular formula is C7H14N2O4. The molecule has 0 aromatic rings. The zero-order valence-corrected chi connectivity index (χ0v) is 7.43. The highest BCUT2D eigenvalue weighted by atomic mass is 16.5. The van der Waals surface area contributed by atoms with Crippen LogP contribution in [0.25, 0.3) is 0 Å². The molecule has 0 saturated carbocycles. The largest absolute Gasteiger partial charge is 0.452 e. The van der Waals surface area contributed by atoms with Gasteiger partial charge < -0.3 is 14.9 Å². The Kier molecular flexibility index (Phi) is 3.47. The van der Waals surface area contributed by atoms with Crippen molar-refractivity contribution in [2.45, 2.75) is 31.7 Å². The van der Waals surface area contributed by atoms with Crippen LogP contribution >= 0.6 is 0 Å². The van der Waals surface area contributed by atoms with Crippen LogP contribution in [0.5, 0.6) is 0 Å². The molecule has 1 aliphatic heterocycles. The average molecular weight is 190 g/mol. The number of hydrogen-bond acceptors (Lipinski definition) is 5. The van der Waals surface area contributed by atoms with Crippen molar-refractivity contribution in [3.63, 3.8) is 0 Å². The highest BCUT2D eigenvalue weighted by Gasteiger charge is 2.29.